The van der Waals surface area contributed by atoms with Crippen LogP contribution >= 0.6 is 0 Å². The number of benzene rings is 2. The van der Waals surface area contributed by atoms with E-state index in [1.165, 1.54) is 0 Å². The maximum Gasteiger partial charge on any atom is 0.303 e. The summed E-state index contributed by atoms with van der Waals surface area (Å²) in [6.07, 6.45) is 7.63. The number of carbonyl (C=O) groups is 2. The lowest BCUT2D eigenvalue weighted by atomic mass is 9.97. The molecule has 3 N–H and O–H groups in total. The number of phenols is 1. The summed E-state index contributed by atoms with van der Waals surface area (Å²) >= 11 is 0. The fraction of sp³-hybridized carbons (Fsp3) is 0.407. The molecule has 1 heterocycles. The number of aryl methyl sites for hydroxylation is 1. The van der Waals surface area contributed by atoms with Crippen LogP contribution < -0.4 is 0 Å². The number of aliphatic hydroxyl groups excluding tert-OH is 1. The zero-order valence-electron chi connectivity index (χ0n) is 19.1. The molecule has 176 valence electrons. The highest BCUT2D eigenvalue weighted by Gasteiger charge is 2.28. The van der Waals surface area contributed by atoms with Gasteiger partial charge in [0.1, 0.15) is 5.75 Å². The molecule has 0 aromatic heterocycles. The van der Waals surface area contributed by atoms with Crippen molar-refractivity contribution in [3.8, 4) is 16.9 Å². The summed E-state index contributed by atoms with van der Waals surface area (Å²) in [6, 6.07) is 12.9. The average molecular weight is 452 g/mol. The molecular weight excluding hydrogens is 418 g/mol. The SMILES string of the molecule is Cc1cc(O)ccc1-c1cccc([C@H](O)/C=C/C2CCC(=O)N2CCCCCCC(=O)O)c1. The number of rotatable bonds is 11. The molecule has 2 atom stereocenters. The van der Waals surface area contributed by atoms with Crippen molar-refractivity contribution in [2.24, 2.45) is 0 Å². The Morgan fingerprint density at radius 2 is 1.94 bits per heavy atom. The normalized spacial score (nSPS) is 17.1. The van der Waals surface area contributed by atoms with E-state index in [4.69, 9.17) is 5.11 Å². The number of likely N-dealkylation sites (tertiary alicyclic amines) is 1. The van der Waals surface area contributed by atoms with Gasteiger partial charge in [-0.1, -0.05) is 49.3 Å². The smallest absolute Gasteiger partial charge is 0.303 e. The minimum absolute atomic E-state index is 0.0197. The van der Waals surface area contributed by atoms with Gasteiger partial charge in [-0.3, -0.25) is 9.59 Å². The van der Waals surface area contributed by atoms with Crippen LogP contribution in [0.1, 0.15) is 62.2 Å². The van der Waals surface area contributed by atoms with Crippen molar-refractivity contribution in [1.29, 1.82) is 0 Å². The second-order valence-corrected chi connectivity index (χ2v) is 8.71. The number of unbranched alkanes of at least 4 members (excludes halogenated alkanes) is 3. The molecule has 1 saturated heterocycles. The first-order valence-electron chi connectivity index (χ1n) is 11.6. The summed E-state index contributed by atoms with van der Waals surface area (Å²) < 4.78 is 0. The molecule has 6 nitrogen and oxygen atoms in total. The fourth-order valence-corrected chi connectivity index (χ4v) is 4.36. The second kappa shape index (κ2) is 11.7. The molecule has 1 unspecified atom stereocenters. The first kappa shape index (κ1) is 24.5. The van der Waals surface area contributed by atoms with Crippen molar-refractivity contribution >= 4 is 11.9 Å². The van der Waals surface area contributed by atoms with Crippen LogP contribution in [0, 0.1) is 6.92 Å². The minimum Gasteiger partial charge on any atom is -0.508 e. The number of aromatic hydroxyl groups is 1. The second-order valence-electron chi connectivity index (χ2n) is 8.71. The molecule has 0 bridgehead atoms. The summed E-state index contributed by atoms with van der Waals surface area (Å²) in [5, 5.41) is 29.1. The van der Waals surface area contributed by atoms with Crippen molar-refractivity contribution < 1.29 is 24.9 Å². The lowest BCUT2D eigenvalue weighted by Crippen LogP contribution is -2.32. The summed E-state index contributed by atoms with van der Waals surface area (Å²) in [4.78, 5) is 24.8. The van der Waals surface area contributed by atoms with E-state index in [9.17, 15) is 19.8 Å². The van der Waals surface area contributed by atoms with E-state index in [1.54, 1.807) is 18.2 Å². The van der Waals surface area contributed by atoms with Gasteiger partial charge in [-0.15, -0.1) is 0 Å². The molecule has 0 spiro atoms. The van der Waals surface area contributed by atoms with E-state index in [0.717, 1.165) is 47.9 Å². The van der Waals surface area contributed by atoms with E-state index < -0.39 is 12.1 Å². The van der Waals surface area contributed by atoms with Crippen LogP contribution in [0.2, 0.25) is 0 Å². The molecule has 2 aromatic rings. The summed E-state index contributed by atoms with van der Waals surface area (Å²) in [7, 11) is 0. The number of amides is 1. The van der Waals surface area contributed by atoms with Crippen LogP contribution in [0.4, 0.5) is 0 Å². The Labute approximate surface area is 195 Å². The van der Waals surface area contributed by atoms with Gasteiger partial charge in [0.15, 0.2) is 0 Å². The molecule has 1 aliphatic heterocycles. The van der Waals surface area contributed by atoms with Crippen LogP contribution in [0.25, 0.3) is 11.1 Å². The first-order chi connectivity index (χ1) is 15.8. The van der Waals surface area contributed by atoms with Gasteiger partial charge in [-0.05, 0) is 66.6 Å². The molecule has 1 aliphatic rings. The minimum atomic E-state index is -0.782. The van der Waals surface area contributed by atoms with Crippen LogP contribution in [0.3, 0.4) is 0 Å². The number of phenolic OH excluding ortho intramolecular Hbond substituents is 1. The molecule has 2 aromatic carbocycles. The van der Waals surface area contributed by atoms with Crippen LogP contribution in [-0.4, -0.2) is 44.7 Å². The average Bonchev–Trinajstić information content (AvgIpc) is 3.13. The quantitative estimate of drug-likeness (QED) is 0.330. The lowest BCUT2D eigenvalue weighted by Gasteiger charge is -2.22. The fourth-order valence-electron chi connectivity index (χ4n) is 4.36. The van der Waals surface area contributed by atoms with Gasteiger partial charge in [0.05, 0.1) is 12.1 Å². The van der Waals surface area contributed by atoms with Gasteiger partial charge in [0.2, 0.25) is 5.91 Å². The predicted octanol–water partition coefficient (Wildman–Crippen LogP) is 4.98. The topological polar surface area (TPSA) is 98.1 Å². The summed E-state index contributed by atoms with van der Waals surface area (Å²) in [5.74, 6) is -0.405. The maximum absolute atomic E-state index is 12.3. The highest BCUT2D eigenvalue weighted by Crippen LogP contribution is 2.29. The molecule has 33 heavy (non-hydrogen) atoms. The Kier molecular flexibility index (Phi) is 8.66. The highest BCUT2D eigenvalue weighted by atomic mass is 16.4. The van der Waals surface area contributed by atoms with E-state index >= 15 is 0 Å². The Morgan fingerprint density at radius 3 is 2.70 bits per heavy atom. The summed E-state index contributed by atoms with van der Waals surface area (Å²) in [5.41, 5.74) is 3.70. The monoisotopic (exact) mass is 451 g/mol. The first-order valence-corrected chi connectivity index (χ1v) is 11.6. The highest BCUT2D eigenvalue weighted by molar-refractivity contribution is 5.79. The molecule has 1 amide bonds. The molecule has 6 heteroatoms. The van der Waals surface area contributed by atoms with Crippen LogP contribution in [0.15, 0.2) is 54.6 Å². The Balaban J connectivity index is 1.59. The van der Waals surface area contributed by atoms with Gasteiger partial charge in [-0.25, -0.2) is 0 Å². The number of nitrogens with zero attached hydrogens (tertiary/aromatic N) is 1. The number of carboxylic acids is 1. The summed E-state index contributed by atoms with van der Waals surface area (Å²) in [6.45, 7) is 2.60. The molecular formula is C27H33NO5. The molecule has 3 rings (SSSR count). The van der Waals surface area contributed by atoms with E-state index in [0.29, 0.717) is 19.4 Å². The van der Waals surface area contributed by atoms with Crippen LogP contribution in [0.5, 0.6) is 5.75 Å². The Bertz CT molecular complexity index is 1000. The zero-order chi connectivity index (χ0) is 23.8. The zero-order valence-corrected chi connectivity index (χ0v) is 19.1. The predicted molar refractivity (Wildman–Crippen MR) is 128 cm³/mol. The van der Waals surface area contributed by atoms with Crippen molar-refractivity contribution in [2.75, 3.05) is 6.54 Å². The molecule has 0 saturated carbocycles. The van der Waals surface area contributed by atoms with Crippen molar-refractivity contribution in [1.82, 2.24) is 4.90 Å². The standard InChI is InChI=1S/C27H33NO5/c1-19-17-23(29)12-13-24(19)20-7-6-8-21(18-20)25(30)14-10-22-11-15-26(31)28(22)16-5-3-2-4-9-27(32)33/h6-8,10,12-14,17-18,22,25,29-30H,2-5,9,11,15-16H2,1H3,(H,32,33)/b14-10+/t22?,25-/m1/s1. The number of carbonyl (C=O) groups excluding carboxylic acids is 1. The van der Waals surface area contributed by atoms with E-state index in [-0.39, 0.29) is 24.1 Å². The largest absolute Gasteiger partial charge is 0.508 e. The van der Waals surface area contributed by atoms with Gasteiger partial charge in [0, 0.05) is 19.4 Å². The third-order valence-electron chi connectivity index (χ3n) is 6.18. The number of hydrogen-bond acceptors (Lipinski definition) is 4. The van der Waals surface area contributed by atoms with Gasteiger partial charge < -0.3 is 20.2 Å². The third-order valence-corrected chi connectivity index (χ3v) is 6.18. The Hall–Kier alpha value is -3.12. The van der Waals surface area contributed by atoms with Gasteiger partial charge in [-0.2, -0.15) is 0 Å². The number of aliphatic carboxylic acids is 1. The third kappa shape index (κ3) is 6.93. The van der Waals surface area contributed by atoms with Crippen molar-refractivity contribution in [2.45, 2.75) is 64.0 Å². The number of hydrogen-bond donors (Lipinski definition) is 3. The number of aliphatic hydroxyl groups is 1. The lowest BCUT2D eigenvalue weighted by molar-refractivity contribution is -0.137. The number of carboxylic acid groups (broad SMARTS) is 1. The van der Waals surface area contributed by atoms with E-state index in [1.807, 2.05) is 48.2 Å². The molecule has 0 aliphatic carbocycles. The van der Waals surface area contributed by atoms with E-state index in [2.05, 4.69) is 0 Å². The maximum atomic E-state index is 12.3. The van der Waals surface area contributed by atoms with Gasteiger partial charge in [0.25, 0.3) is 0 Å². The van der Waals surface area contributed by atoms with Crippen LogP contribution in [-0.2, 0) is 9.59 Å². The molecule has 0 radical (unpaired) electrons. The molecule has 1 fully saturated rings. The van der Waals surface area contributed by atoms with Gasteiger partial charge >= 0.3 is 5.97 Å². The van der Waals surface area contributed by atoms with Crippen molar-refractivity contribution in [3.05, 3.63) is 65.7 Å². The van der Waals surface area contributed by atoms with Crippen molar-refractivity contribution in [3.63, 3.8) is 0 Å². The Morgan fingerprint density at radius 1 is 1.15 bits per heavy atom.